The first-order valence-electron chi connectivity index (χ1n) is 7.99. The van der Waals surface area contributed by atoms with Crippen LogP contribution in [0.2, 0.25) is 0 Å². The molecule has 0 saturated heterocycles. The second-order valence-electron chi connectivity index (χ2n) is 5.47. The van der Waals surface area contributed by atoms with E-state index in [1.807, 2.05) is 60.4 Å². The normalized spacial score (nSPS) is 12.6. The first-order valence-corrected chi connectivity index (χ1v) is 9.79. The fourth-order valence-corrected chi connectivity index (χ4v) is 4.39. The number of hydrogen-bond acceptors (Lipinski definition) is 5. The van der Waals surface area contributed by atoms with Gasteiger partial charge in [-0.15, -0.1) is 5.10 Å². The van der Waals surface area contributed by atoms with Gasteiger partial charge in [0.05, 0.1) is 17.1 Å². The van der Waals surface area contributed by atoms with Crippen molar-refractivity contribution in [2.75, 3.05) is 10.7 Å². The van der Waals surface area contributed by atoms with Crippen LogP contribution in [0.4, 0.5) is 11.4 Å². The quantitative estimate of drug-likeness (QED) is 0.696. The monoisotopic (exact) mass is 368 g/mol. The third-order valence-corrected chi connectivity index (χ3v) is 5.81. The molecule has 0 aliphatic carbocycles. The van der Waals surface area contributed by atoms with Gasteiger partial charge in [-0.05, 0) is 24.3 Å². The zero-order chi connectivity index (χ0) is 17.2. The molecule has 1 N–H and O–H groups in total. The Labute approximate surface area is 154 Å². The fraction of sp³-hybridized carbons (Fsp3) is 0.167. The summed E-state index contributed by atoms with van der Waals surface area (Å²) >= 11 is 3.05. The second-order valence-corrected chi connectivity index (χ2v) is 7.50. The number of aromatic amines is 1. The average Bonchev–Trinajstić information content (AvgIpc) is 3.12. The number of H-pyrrole nitrogens is 1. The van der Waals surface area contributed by atoms with Gasteiger partial charge in [-0.1, -0.05) is 54.7 Å². The summed E-state index contributed by atoms with van der Waals surface area (Å²) in [5.41, 5.74) is 1.86. The highest BCUT2D eigenvalue weighted by Gasteiger charge is 2.27. The highest BCUT2D eigenvalue weighted by atomic mass is 32.2. The third kappa shape index (κ3) is 3.17. The molecule has 3 aromatic rings. The Morgan fingerprint density at radius 1 is 1.12 bits per heavy atom. The van der Waals surface area contributed by atoms with Crippen molar-refractivity contribution in [1.29, 1.82) is 0 Å². The number of fused-ring (bicyclic) bond motifs is 2. The number of carbonyl (C=O) groups excluding carboxylic acids is 1. The minimum atomic E-state index is 0.0213. The minimum Gasteiger partial charge on any atom is -0.278 e. The largest absolute Gasteiger partial charge is 0.278 e. The summed E-state index contributed by atoms with van der Waals surface area (Å²) < 4.78 is 0. The maximum Gasteiger partial charge on any atom is 0.242 e. The van der Waals surface area contributed by atoms with Crippen LogP contribution in [-0.2, 0) is 11.2 Å². The maximum atomic E-state index is 13.0. The summed E-state index contributed by atoms with van der Waals surface area (Å²) in [6, 6.07) is 16.0. The topological polar surface area (TPSA) is 61.9 Å². The summed E-state index contributed by atoms with van der Waals surface area (Å²) in [7, 11) is 0. The van der Waals surface area contributed by atoms with Gasteiger partial charge in [0.1, 0.15) is 5.82 Å². The van der Waals surface area contributed by atoms with E-state index >= 15 is 0 Å². The summed E-state index contributed by atoms with van der Waals surface area (Å²) in [5.74, 6) is 1.14. The number of benzene rings is 2. The van der Waals surface area contributed by atoms with Crippen LogP contribution in [0.1, 0.15) is 12.7 Å². The zero-order valence-electron chi connectivity index (χ0n) is 13.6. The number of nitrogens with zero attached hydrogens (tertiary/aromatic N) is 3. The Morgan fingerprint density at radius 2 is 1.76 bits per heavy atom. The number of carbonyl (C=O) groups is 1. The van der Waals surface area contributed by atoms with E-state index < -0.39 is 0 Å². The van der Waals surface area contributed by atoms with Gasteiger partial charge in [-0.25, -0.2) is 4.98 Å². The number of nitrogens with one attached hydrogen (secondary N) is 1. The van der Waals surface area contributed by atoms with Crippen LogP contribution in [0.5, 0.6) is 0 Å². The molecule has 126 valence electrons. The van der Waals surface area contributed by atoms with E-state index in [1.54, 1.807) is 11.8 Å². The lowest BCUT2D eigenvalue weighted by molar-refractivity contribution is -0.115. The molecule has 0 bridgehead atoms. The number of thioether (sulfide) groups is 1. The van der Waals surface area contributed by atoms with Gasteiger partial charge in [-0.3, -0.25) is 14.8 Å². The molecule has 1 amide bonds. The molecule has 4 rings (SSSR count). The minimum absolute atomic E-state index is 0.0213. The van der Waals surface area contributed by atoms with Crippen molar-refractivity contribution in [3.8, 4) is 0 Å². The van der Waals surface area contributed by atoms with Crippen LogP contribution in [-0.4, -0.2) is 26.8 Å². The van der Waals surface area contributed by atoms with Crippen LogP contribution in [0.25, 0.3) is 0 Å². The van der Waals surface area contributed by atoms with Crippen molar-refractivity contribution < 1.29 is 4.79 Å². The van der Waals surface area contributed by atoms with E-state index in [0.717, 1.165) is 33.4 Å². The van der Waals surface area contributed by atoms with E-state index in [2.05, 4.69) is 15.2 Å². The Hall–Kier alpha value is -2.25. The molecule has 2 heterocycles. The summed E-state index contributed by atoms with van der Waals surface area (Å²) in [6.07, 6.45) is 0.797. The van der Waals surface area contributed by atoms with Gasteiger partial charge in [0.2, 0.25) is 11.1 Å². The van der Waals surface area contributed by atoms with E-state index in [9.17, 15) is 4.79 Å². The highest BCUT2D eigenvalue weighted by molar-refractivity contribution is 8.00. The maximum absolute atomic E-state index is 13.0. The lowest BCUT2D eigenvalue weighted by Crippen LogP contribution is -2.30. The Balaban J connectivity index is 1.61. The van der Waals surface area contributed by atoms with Gasteiger partial charge in [0.15, 0.2) is 0 Å². The second kappa shape index (κ2) is 6.93. The molecule has 0 spiro atoms. The van der Waals surface area contributed by atoms with Crippen molar-refractivity contribution in [3.63, 3.8) is 0 Å². The number of anilines is 2. The Bertz CT molecular complexity index is 879. The van der Waals surface area contributed by atoms with Crippen LogP contribution >= 0.6 is 23.5 Å². The van der Waals surface area contributed by atoms with Crippen molar-refractivity contribution in [3.05, 3.63) is 54.4 Å². The van der Waals surface area contributed by atoms with Gasteiger partial charge in [-0.2, -0.15) is 0 Å². The van der Waals surface area contributed by atoms with E-state index in [1.165, 1.54) is 11.8 Å². The number of aromatic nitrogens is 3. The average molecular weight is 368 g/mol. The molecule has 0 fully saturated rings. The molecule has 25 heavy (non-hydrogen) atoms. The van der Waals surface area contributed by atoms with Gasteiger partial charge in [0.25, 0.3) is 0 Å². The highest BCUT2D eigenvalue weighted by Crippen LogP contribution is 2.48. The predicted molar refractivity (Wildman–Crippen MR) is 101 cm³/mol. The number of rotatable bonds is 4. The zero-order valence-corrected chi connectivity index (χ0v) is 15.2. The van der Waals surface area contributed by atoms with Crippen LogP contribution in [0.15, 0.2) is 63.5 Å². The van der Waals surface area contributed by atoms with Crippen LogP contribution in [0.3, 0.4) is 0 Å². The lowest BCUT2D eigenvalue weighted by Gasteiger charge is -2.30. The standard InChI is InChI=1S/C18H16N4OS2/c1-2-16-19-18(21-20-16)24-11-17(23)22-12-7-3-5-9-14(12)25-15-10-6-4-8-13(15)22/h3-10H,2,11H2,1H3,(H,19,20,21). The molecular formula is C18H16N4OS2. The van der Waals surface area contributed by atoms with Crippen molar-refractivity contribution >= 4 is 40.8 Å². The SMILES string of the molecule is CCc1nc(SCC(=O)N2c3ccccc3Sc3ccccc32)n[nH]1. The Kier molecular flexibility index (Phi) is 4.50. The summed E-state index contributed by atoms with van der Waals surface area (Å²) in [5, 5.41) is 7.63. The fourth-order valence-electron chi connectivity index (χ4n) is 2.66. The van der Waals surface area contributed by atoms with Gasteiger partial charge in [0, 0.05) is 16.2 Å². The van der Waals surface area contributed by atoms with Crippen molar-refractivity contribution in [1.82, 2.24) is 15.2 Å². The molecule has 7 heteroatoms. The molecule has 0 radical (unpaired) electrons. The molecule has 2 aromatic carbocycles. The van der Waals surface area contributed by atoms with Crippen LogP contribution in [0, 0.1) is 0 Å². The molecule has 1 aliphatic heterocycles. The van der Waals surface area contributed by atoms with Gasteiger partial charge < -0.3 is 0 Å². The summed E-state index contributed by atoms with van der Waals surface area (Å²) in [6.45, 7) is 2.01. The molecule has 1 aliphatic rings. The smallest absolute Gasteiger partial charge is 0.242 e. The number of aryl methyl sites for hydroxylation is 1. The van der Waals surface area contributed by atoms with E-state index in [0.29, 0.717) is 5.16 Å². The first-order chi connectivity index (χ1) is 12.3. The molecule has 0 unspecified atom stereocenters. The van der Waals surface area contributed by atoms with Crippen molar-refractivity contribution in [2.45, 2.75) is 28.3 Å². The molecular weight excluding hydrogens is 352 g/mol. The number of para-hydroxylation sites is 2. The molecule has 5 nitrogen and oxygen atoms in total. The number of amides is 1. The van der Waals surface area contributed by atoms with Crippen LogP contribution < -0.4 is 4.90 Å². The van der Waals surface area contributed by atoms with E-state index in [4.69, 9.17) is 0 Å². The molecule has 1 aromatic heterocycles. The van der Waals surface area contributed by atoms with Gasteiger partial charge >= 0.3 is 0 Å². The molecule has 0 saturated carbocycles. The molecule has 0 atom stereocenters. The van der Waals surface area contributed by atoms with E-state index in [-0.39, 0.29) is 11.7 Å². The summed E-state index contributed by atoms with van der Waals surface area (Å²) in [4.78, 5) is 21.3. The lowest BCUT2D eigenvalue weighted by atomic mass is 10.2. The third-order valence-electron chi connectivity index (χ3n) is 3.85. The number of hydrogen-bond donors (Lipinski definition) is 1. The first kappa shape index (κ1) is 16.2. The Morgan fingerprint density at radius 3 is 2.36 bits per heavy atom. The predicted octanol–water partition coefficient (Wildman–Crippen LogP) is 4.29. The van der Waals surface area contributed by atoms with Crippen molar-refractivity contribution in [2.24, 2.45) is 0 Å².